The molecule has 1 aliphatic rings. The van der Waals surface area contributed by atoms with Crippen molar-refractivity contribution in [1.29, 1.82) is 0 Å². The predicted octanol–water partition coefficient (Wildman–Crippen LogP) is 2.45. The predicted molar refractivity (Wildman–Crippen MR) is 101 cm³/mol. The van der Waals surface area contributed by atoms with Gasteiger partial charge in [0.2, 0.25) is 0 Å². The molecule has 2 aromatic heterocycles. The zero-order valence-corrected chi connectivity index (χ0v) is 15.2. The fourth-order valence-corrected chi connectivity index (χ4v) is 3.57. The molecule has 0 spiro atoms. The monoisotopic (exact) mass is 352 g/mol. The molecule has 4 rings (SSSR count). The van der Waals surface area contributed by atoms with E-state index < -0.39 is 0 Å². The average molecular weight is 352 g/mol. The molecule has 0 unspecified atom stereocenters. The van der Waals surface area contributed by atoms with Gasteiger partial charge in [-0.15, -0.1) is 0 Å². The van der Waals surface area contributed by atoms with E-state index in [1.807, 2.05) is 24.5 Å². The number of imidazole rings is 1. The Hall–Kier alpha value is -2.67. The highest BCUT2D eigenvalue weighted by Crippen LogP contribution is 2.24. The number of H-pyrrole nitrogens is 1. The molecule has 0 radical (unpaired) electrons. The van der Waals surface area contributed by atoms with Gasteiger partial charge in [-0.1, -0.05) is 0 Å². The molecule has 1 aromatic carbocycles. The number of anilines is 1. The number of aryl methyl sites for hydroxylation is 2. The maximum Gasteiger partial charge on any atom is 0.276 e. The van der Waals surface area contributed by atoms with Gasteiger partial charge in [-0.05, 0) is 64.5 Å². The summed E-state index contributed by atoms with van der Waals surface area (Å²) in [6.07, 6.45) is 5.92. The lowest BCUT2D eigenvalue weighted by Crippen LogP contribution is -2.15. The fraction of sp³-hybridized carbons (Fsp3) is 0.421. The zero-order valence-electron chi connectivity index (χ0n) is 15.2. The van der Waals surface area contributed by atoms with Gasteiger partial charge in [-0.25, -0.2) is 4.98 Å². The fourth-order valence-electron chi connectivity index (χ4n) is 3.57. The van der Waals surface area contributed by atoms with Crippen molar-refractivity contribution in [2.24, 2.45) is 0 Å². The summed E-state index contributed by atoms with van der Waals surface area (Å²) in [5, 5.41) is 10.1. The second-order valence-electron chi connectivity index (χ2n) is 7.14. The summed E-state index contributed by atoms with van der Waals surface area (Å²) >= 11 is 0. The Kier molecular flexibility index (Phi) is 4.46. The lowest BCUT2D eigenvalue weighted by Gasteiger charge is -2.10. The van der Waals surface area contributed by atoms with Crippen LogP contribution in [-0.2, 0) is 19.4 Å². The Labute approximate surface area is 152 Å². The Morgan fingerprint density at radius 3 is 3.08 bits per heavy atom. The smallest absolute Gasteiger partial charge is 0.276 e. The summed E-state index contributed by atoms with van der Waals surface area (Å²) < 4.78 is 2.16. The molecule has 0 bridgehead atoms. The van der Waals surface area contributed by atoms with Crippen molar-refractivity contribution in [3.05, 3.63) is 41.5 Å². The van der Waals surface area contributed by atoms with Gasteiger partial charge in [0.05, 0.1) is 17.4 Å². The summed E-state index contributed by atoms with van der Waals surface area (Å²) in [5.74, 6) is -0.158. The van der Waals surface area contributed by atoms with E-state index in [2.05, 4.69) is 44.1 Å². The Balaban J connectivity index is 1.48. The topological polar surface area (TPSA) is 78.8 Å². The first kappa shape index (κ1) is 16.8. The molecule has 0 saturated carbocycles. The van der Waals surface area contributed by atoms with Crippen LogP contribution in [0.2, 0.25) is 0 Å². The highest BCUT2D eigenvalue weighted by Gasteiger charge is 2.23. The van der Waals surface area contributed by atoms with Crippen molar-refractivity contribution >= 4 is 22.6 Å². The third-order valence-corrected chi connectivity index (χ3v) is 4.90. The SMILES string of the molecule is CN(C)CCCn1cnc2cc(NC(=O)c3n[nH]c4c3CCC4)ccc21. The van der Waals surface area contributed by atoms with Gasteiger partial charge in [0.15, 0.2) is 5.69 Å². The number of aromatic amines is 1. The molecule has 7 nitrogen and oxygen atoms in total. The van der Waals surface area contributed by atoms with Crippen LogP contribution in [0, 0.1) is 0 Å². The molecule has 2 heterocycles. The average Bonchev–Trinajstić information content (AvgIpc) is 3.29. The standard InChI is InChI=1S/C19H24N6O/c1-24(2)9-4-10-25-12-20-16-11-13(7-8-17(16)25)21-19(26)18-14-5-3-6-15(14)22-23-18/h7-8,11-12H,3-6,9-10H2,1-2H3,(H,21,26)(H,22,23). The van der Waals surface area contributed by atoms with Crippen LogP contribution in [0.4, 0.5) is 5.69 Å². The van der Waals surface area contributed by atoms with E-state index in [0.29, 0.717) is 5.69 Å². The highest BCUT2D eigenvalue weighted by atomic mass is 16.1. The first-order chi connectivity index (χ1) is 12.6. The minimum atomic E-state index is -0.158. The number of hydrogen-bond acceptors (Lipinski definition) is 4. The van der Waals surface area contributed by atoms with Gasteiger partial charge in [-0.3, -0.25) is 9.89 Å². The minimum absolute atomic E-state index is 0.158. The molecule has 26 heavy (non-hydrogen) atoms. The number of carbonyl (C=O) groups excluding carboxylic acids is 1. The van der Waals surface area contributed by atoms with E-state index in [-0.39, 0.29) is 5.91 Å². The van der Waals surface area contributed by atoms with Crippen molar-refractivity contribution in [2.75, 3.05) is 26.0 Å². The number of nitrogens with one attached hydrogen (secondary N) is 2. The normalized spacial score (nSPS) is 13.5. The zero-order chi connectivity index (χ0) is 18.1. The van der Waals surface area contributed by atoms with Crippen LogP contribution >= 0.6 is 0 Å². The van der Waals surface area contributed by atoms with Gasteiger partial charge >= 0.3 is 0 Å². The molecule has 2 N–H and O–H groups in total. The van der Waals surface area contributed by atoms with Crippen LogP contribution in [0.3, 0.4) is 0 Å². The van der Waals surface area contributed by atoms with Gasteiger partial charge < -0.3 is 14.8 Å². The van der Waals surface area contributed by atoms with Crippen LogP contribution < -0.4 is 5.32 Å². The third kappa shape index (κ3) is 3.22. The number of carbonyl (C=O) groups is 1. The number of rotatable bonds is 6. The van der Waals surface area contributed by atoms with Crippen molar-refractivity contribution in [3.63, 3.8) is 0 Å². The van der Waals surface area contributed by atoms with Crippen LogP contribution in [0.15, 0.2) is 24.5 Å². The van der Waals surface area contributed by atoms with Crippen LogP contribution in [0.1, 0.15) is 34.6 Å². The van der Waals surface area contributed by atoms with Crippen LogP contribution in [0.5, 0.6) is 0 Å². The highest BCUT2D eigenvalue weighted by molar-refractivity contribution is 6.04. The van der Waals surface area contributed by atoms with E-state index in [9.17, 15) is 4.79 Å². The maximum atomic E-state index is 12.6. The third-order valence-electron chi connectivity index (χ3n) is 4.90. The molecule has 136 valence electrons. The molecule has 0 atom stereocenters. The van der Waals surface area contributed by atoms with Crippen molar-refractivity contribution in [3.8, 4) is 0 Å². The summed E-state index contributed by atoms with van der Waals surface area (Å²) in [7, 11) is 4.16. The van der Waals surface area contributed by atoms with E-state index >= 15 is 0 Å². The van der Waals surface area contributed by atoms with Crippen molar-refractivity contribution < 1.29 is 4.79 Å². The molecule has 0 aliphatic heterocycles. The van der Waals surface area contributed by atoms with Gasteiger partial charge in [0, 0.05) is 23.5 Å². The maximum absolute atomic E-state index is 12.6. The largest absolute Gasteiger partial charge is 0.331 e. The Morgan fingerprint density at radius 2 is 2.23 bits per heavy atom. The summed E-state index contributed by atoms with van der Waals surface area (Å²) in [4.78, 5) is 19.2. The van der Waals surface area contributed by atoms with Crippen molar-refractivity contribution in [1.82, 2.24) is 24.6 Å². The van der Waals surface area contributed by atoms with Gasteiger partial charge in [-0.2, -0.15) is 5.10 Å². The quantitative estimate of drug-likeness (QED) is 0.714. The number of hydrogen-bond donors (Lipinski definition) is 2. The van der Waals surface area contributed by atoms with Crippen LogP contribution in [0.25, 0.3) is 11.0 Å². The summed E-state index contributed by atoms with van der Waals surface area (Å²) in [5.41, 5.74) is 5.40. The first-order valence-electron chi connectivity index (χ1n) is 9.09. The van der Waals surface area contributed by atoms with E-state index in [4.69, 9.17) is 0 Å². The Morgan fingerprint density at radius 1 is 1.35 bits per heavy atom. The molecule has 0 fully saturated rings. The number of aromatic nitrogens is 4. The number of amides is 1. The number of fused-ring (bicyclic) bond motifs is 2. The molecule has 0 saturated heterocycles. The van der Waals surface area contributed by atoms with Gasteiger partial charge in [0.1, 0.15) is 0 Å². The van der Waals surface area contributed by atoms with E-state index in [1.54, 1.807) is 0 Å². The second-order valence-corrected chi connectivity index (χ2v) is 7.14. The minimum Gasteiger partial charge on any atom is -0.331 e. The molecular formula is C19H24N6O. The Bertz CT molecular complexity index is 939. The van der Waals surface area contributed by atoms with Gasteiger partial charge in [0.25, 0.3) is 5.91 Å². The van der Waals surface area contributed by atoms with E-state index in [0.717, 1.165) is 66.8 Å². The lowest BCUT2D eigenvalue weighted by atomic mass is 10.2. The lowest BCUT2D eigenvalue weighted by molar-refractivity contribution is 0.102. The summed E-state index contributed by atoms with van der Waals surface area (Å²) in [6.45, 7) is 1.97. The van der Waals surface area contributed by atoms with E-state index in [1.165, 1.54) is 0 Å². The molecule has 1 amide bonds. The number of benzene rings is 1. The van der Waals surface area contributed by atoms with Crippen molar-refractivity contribution in [2.45, 2.75) is 32.2 Å². The van der Waals surface area contributed by atoms with Crippen LogP contribution in [-0.4, -0.2) is 51.2 Å². The molecular weight excluding hydrogens is 328 g/mol. The molecule has 7 heteroatoms. The molecule has 1 aliphatic carbocycles. The molecule has 3 aromatic rings. The second kappa shape index (κ2) is 6.92. The summed E-state index contributed by atoms with van der Waals surface area (Å²) in [6, 6.07) is 5.86. The first-order valence-corrected chi connectivity index (χ1v) is 9.09. The number of nitrogens with zero attached hydrogens (tertiary/aromatic N) is 4.